The van der Waals surface area contributed by atoms with Crippen LogP contribution >= 0.6 is 0 Å². The highest BCUT2D eigenvalue weighted by Crippen LogP contribution is 2.55. The molecule has 4 rings (SSSR count). The molecule has 1 heteroatoms. The van der Waals surface area contributed by atoms with Crippen molar-refractivity contribution >= 4 is 8.07 Å². The molecule has 3 fully saturated rings. The van der Waals surface area contributed by atoms with Crippen molar-refractivity contribution in [2.24, 2.45) is 23.7 Å². The number of allylic oxidation sites excluding steroid dienone is 2. The standard InChI is InChI=1S/C10H20Si.C7H10/c1-11(2,3)10-7-8-4-5-9(10)6-8;1-2-7-4-3-6(1)5-7/h8-10H,4-7H2,1-3H3;1-2,6-7H,3-5H2. The summed E-state index contributed by atoms with van der Waals surface area (Å²) in [4.78, 5) is 0. The molecule has 0 nitrogen and oxygen atoms in total. The van der Waals surface area contributed by atoms with Gasteiger partial charge in [-0.25, -0.2) is 0 Å². The first-order valence-electron chi connectivity index (χ1n) is 8.20. The molecule has 0 N–H and O–H groups in total. The molecule has 5 unspecified atom stereocenters. The summed E-state index contributed by atoms with van der Waals surface area (Å²) in [7, 11) is -0.778. The van der Waals surface area contributed by atoms with Gasteiger partial charge < -0.3 is 0 Å². The van der Waals surface area contributed by atoms with Crippen LogP contribution in [0, 0.1) is 23.7 Å². The van der Waals surface area contributed by atoms with Crippen LogP contribution in [-0.4, -0.2) is 8.07 Å². The Morgan fingerprint density at radius 2 is 1.44 bits per heavy atom. The fourth-order valence-electron chi connectivity index (χ4n) is 5.02. The summed E-state index contributed by atoms with van der Waals surface area (Å²) in [5.74, 6) is 4.29. The van der Waals surface area contributed by atoms with E-state index in [0.717, 1.165) is 23.7 Å². The lowest BCUT2D eigenvalue weighted by atomic mass is 10.0. The summed E-state index contributed by atoms with van der Waals surface area (Å²) in [5, 5.41) is 0. The number of rotatable bonds is 1. The topological polar surface area (TPSA) is 0 Å². The first-order valence-corrected chi connectivity index (χ1v) is 11.8. The Kier molecular flexibility index (Phi) is 3.47. The van der Waals surface area contributed by atoms with Gasteiger partial charge in [-0.3, -0.25) is 0 Å². The second-order valence-corrected chi connectivity index (χ2v) is 13.8. The molecule has 18 heavy (non-hydrogen) atoms. The maximum absolute atomic E-state index is 2.55. The minimum Gasteiger partial charge on any atom is -0.0851 e. The fourth-order valence-corrected chi connectivity index (χ4v) is 7.78. The van der Waals surface area contributed by atoms with Crippen molar-refractivity contribution in [3.8, 4) is 0 Å². The molecule has 102 valence electrons. The third-order valence-corrected chi connectivity index (χ3v) is 8.95. The zero-order chi connectivity index (χ0) is 12.8. The summed E-state index contributed by atoms with van der Waals surface area (Å²) in [6, 6.07) is 0. The summed E-state index contributed by atoms with van der Waals surface area (Å²) in [5.41, 5.74) is 1.18. The predicted molar refractivity (Wildman–Crippen MR) is 82.5 cm³/mol. The second-order valence-electron chi connectivity index (χ2n) is 8.37. The van der Waals surface area contributed by atoms with Crippen LogP contribution in [0.5, 0.6) is 0 Å². The van der Waals surface area contributed by atoms with Gasteiger partial charge in [0.05, 0.1) is 0 Å². The van der Waals surface area contributed by atoms with E-state index < -0.39 is 8.07 Å². The van der Waals surface area contributed by atoms with E-state index in [1.165, 1.54) is 24.8 Å². The number of fused-ring (bicyclic) bond motifs is 4. The molecule has 0 aromatic heterocycles. The van der Waals surface area contributed by atoms with Crippen molar-refractivity contribution in [2.75, 3.05) is 0 Å². The molecule has 3 saturated carbocycles. The zero-order valence-corrected chi connectivity index (χ0v) is 13.5. The van der Waals surface area contributed by atoms with Crippen LogP contribution in [0.25, 0.3) is 0 Å². The molecule has 0 aromatic rings. The van der Waals surface area contributed by atoms with Crippen molar-refractivity contribution in [3.63, 3.8) is 0 Å². The molecular formula is C17H30Si. The first kappa shape index (κ1) is 13.0. The van der Waals surface area contributed by atoms with E-state index in [9.17, 15) is 0 Å². The summed E-state index contributed by atoms with van der Waals surface area (Å²) in [6.45, 7) is 7.66. The van der Waals surface area contributed by atoms with Gasteiger partial charge in [0.1, 0.15) is 0 Å². The summed E-state index contributed by atoms with van der Waals surface area (Å²) in [6.07, 6.45) is 15.5. The molecule has 4 bridgehead atoms. The number of hydrogen-bond donors (Lipinski definition) is 0. The quantitative estimate of drug-likeness (QED) is 0.433. The van der Waals surface area contributed by atoms with Crippen molar-refractivity contribution < 1.29 is 0 Å². The van der Waals surface area contributed by atoms with Crippen LogP contribution in [0.15, 0.2) is 12.2 Å². The molecule has 0 saturated heterocycles. The SMILES string of the molecule is C1=CC2CCC1C2.C[Si](C)(C)C1CC2CCC1C2. The van der Waals surface area contributed by atoms with Crippen molar-refractivity contribution in [3.05, 3.63) is 12.2 Å². The van der Waals surface area contributed by atoms with Crippen LogP contribution in [-0.2, 0) is 0 Å². The number of hydrogen-bond acceptors (Lipinski definition) is 0. The van der Waals surface area contributed by atoms with Crippen molar-refractivity contribution in [2.45, 2.75) is 70.1 Å². The first-order chi connectivity index (χ1) is 8.52. The highest BCUT2D eigenvalue weighted by Gasteiger charge is 2.44. The monoisotopic (exact) mass is 262 g/mol. The van der Waals surface area contributed by atoms with E-state index >= 15 is 0 Å². The Morgan fingerprint density at radius 1 is 0.778 bits per heavy atom. The molecule has 5 atom stereocenters. The van der Waals surface area contributed by atoms with E-state index in [4.69, 9.17) is 0 Å². The molecule has 0 amide bonds. The molecule has 4 aliphatic carbocycles. The molecule has 0 aliphatic heterocycles. The van der Waals surface area contributed by atoms with Crippen LogP contribution in [0.4, 0.5) is 0 Å². The summed E-state index contributed by atoms with van der Waals surface area (Å²) < 4.78 is 0. The minimum absolute atomic E-state index is 0.778. The maximum Gasteiger partial charge on any atom is 0.0476 e. The zero-order valence-electron chi connectivity index (χ0n) is 12.5. The third kappa shape index (κ3) is 2.61. The minimum atomic E-state index is -0.778. The van der Waals surface area contributed by atoms with Crippen molar-refractivity contribution in [1.82, 2.24) is 0 Å². The lowest BCUT2D eigenvalue weighted by Crippen LogP contribution is -2.31. The van der Waals surface area contributed by atoms with Crippen LogP contribution in [0.3, 0.4) is 0 Å². The van der Waals surface area contributed by atoms with E-state index in [1.807, 2.05) is 0 Å². The lowest BCUT2D eigenvalue weighted by molar-refractivity contribution is 0.469. The van der Waals surface area contributed by atoms with Gasteiger partial charge in [-0.1, -0.05) is 44.6 Å². The normalized spacial score (nSPS) is 44.3. The molecular weight excluding hydrogens is 232 g/mol. The Morgan fingerprint density at radius 3 is 1.67 bits per heavy atom. The largest absolute Gasteiger partial charge is 0.0851 e. The average molecular weight is 263 g/mol. The molecule has 4 aliphatic rings. The van der Waals surface area contributed by atoms with Gasteiger partial charge in [-0.2, -0.15) is 0 Å². The van der Waals surface area contributed by atoms with Gasteiger partial charge >= 0.3 is 0 Å². The van der Waals surface area contributed by atoms with E-state index in [-0.39, 0.29) is 0 Å². The van der Waals surface area contributed by atoms with Crippen LogP contribution in [0.1, 0.15) is 44.9 Å². The molecule has 0 heterocycles. The Bertz CT molecular complexity index is 313. The van der Waals surface area contributed by atoms with Crippen LogP contribution < -0.4 is 0 Å². The highest BCUT2D eigenvalue weighted by atomic mass is 28.3. The third-order valence-electron chi connectivity index (χ3n) is 6.02. The van der Waals surface area contributed by atoms with Gasteiger partial charge in [-0.15, -0.1) is 0 Å². The predicted octanol–water partition coefficient (Wildman–Crippen LogP) is 5.49. The van der Waals surface area contributed by atoms with E-state index in [2.05, 4.69) is 31.8 Å². The fraction of sp³-hybridized carbons (Fsp3) is 0.882. The van der Waals surface area contributed by atoms with Crippen molar-refractivity contribution in [1.29, 1.82) is 0 Å². The van der Waals surface area contributed by atoms with E-state index in [1.54, 1.807) is 25.7 Å². The molecule has 0 radical (unpaired) electrons. The Hall–Kier alpha value is -0.0431. The maximum atomic E-state index is 2.55. The van der Waals surface area contributed by atoms with Gasteiger partial charge in [0.15, 0.2) is 0 Å². The second kappa shape index (κ2) is 4.81. The molecule has 0 spiro atoms. The highest BCUT2D eigenvalue weighted by molar-refractivity contribution is 6.77. The molecule has 0 aromatic carbocycles. The van der Waals surface area contributed by atoms with Gasteiger partial charge in [0.2, 0.25) is 0 Å². The van der Waals surface area contributed by atoms with Gasteiger partial charge in [0.25, 0.3) is 0 Å². The van der Waals surface area contributed by atoms with Crippen LogP contribution in [0.2, 0.25) is 25.2 Å². The Labute approximate surface area is 114 Å². The summed E-state index contributed by atoms with van der Waals surface area (Å²) >= 11 is 0. The average Bonchev–Trinajstić information content (AvgIpc) is 3.09. The smallest absolute Gasteiger partial charge is 0.0476 e. The Balaban J connectivity index is 0.000000122. The van der Waals surface area contributed by atoms with E-state index in [0.29, 0.717) is 0 Å². The van der Waals surface area contributed by atoms with Gasteiger partial charge in [0, 0.05) is 8.07 Å². The van der Waals surface area contributed by atoms with Gasteiger partial charge in [-0.05, 0) is 61.3 Å². The lowest BCUT2D eigenvalue weighted by Gasteiger charge is -2.32.